The van der Waals surface area contributed by atoms with E-state index in [1.54, 1.807) is 16.2 Å². The monoisotopic (exact) mass is 470 g/mol. The Morgan fingerprint density at radius 1 is 1.09 bits per heavy atom. The molecule has 1 aromatic heterocycles. The van der Waals surface area contributed by atoms with Gasteiger partial charge < -0.3 is 14.5 Å². The average Bonchev–Trinajstić information content (AvgIpc) is 3.25. The van der Waals surface area contributed by atoms with Gasteiger partial charge in [-0.15, -0.1) is 11.3 Å². The van der Waals surface area contributed by atoms with Crippen molar-refractivity contribution in [1.82, 2.24) is 9.80 Å². The molecule has 1 atom stereocenters. The molecule has 0 unspecified atom stereocenters. The first-order valence-electron chi connectivity index (χ1n) is 12.0. The van der Waals surface area contributed by atoms with Crippen molar-refractivity contribution in [2.45, 2.75) is 59.9 Å². The van der Waals surface area contributed by atoms with Crippen molar-refractivity contribution in [2.75, 3.05) is 26.2 Å². The summed E-state index contributed by atoms with van der Waals surface area (Å²) < 4.78 is 6.17. The third-order valence-corrected chi connectivity index (χ3v) is 7.08. The zero-order valence-corrected chi connectivity index (χ0v) is 21.7. The minimum Gasteiger partial charge on any atom is -0.491 e. The van der Waals surface area contributed by atoms with E-state index in [1.807, 2.05) is 30.9 Å². The topological polar surface area (TPSA) is 49.9 Å². The molecule has 2 amide bonds. The third kappa shape index (κ3) is 6.38. The van der Waals surface area contributed by atoms with Gasteiger partial charge in [0.2, 0.25) is 11.8 Å². The summed E-state index contributed by atoms with van der Waals surface area (Å²) >= 11 is 1.74. The Hall–Kier alpha value is -2.34. The number of amides is 2. The van der Waals surface area contributed by atoms with Crippen LogP contribution in [-0.2, 0) is 16.0 Å². The smallest absolute Gasteiger partial charge is 0.242 e. The van der Waals surface area contributed by atoms with Crippen LogP contribution in [0.25, 0.3) is 0 Å². The first kappa shape index (κ1) is 25.3. The Morgan fingerprint density at radius 3 is 2.39 bits per heavy atom. The second-order valence-corrected chi connectivity index (χ2v) is 11.0. The van der Waals surface area contributed by atoms with Gasteiger partial charge in [0, 0.05) is 23.9 Å². The van der Waals surface area contributed by atoms with E-state index in [2.05, 4.69) is 51.3 Å². The molecule has 1 aromatic carbocycles. The molecule has 33 heavy (non-hydrogen) atoms. The van der Waals surface area contributed by atoms with Gasteiger partial charge in [-0.05, 0) is 53.0 Å². The van der Waals surface area contributed by atoms with Crippen LogP contribution in [0.3, 0.4) is 0 Å². The summed E-state index contributed by atoms with van der Waals surface area (Å²) in [5.74, 6) is 1.48. The Kier molecular flexibility index (Phi) is 8.57. The van der Waals surface area contributed by atoms with Crippen LogP contribution in [0.4, 0.5) is 0 Å². The predicted octanol–water partition coefficient (Wildman–Crippen LogP) is 5.52. The number of nitrogens with zero attached hydrogens (tertiary/aromatic N) is 2. The van der Waals surface area contributed by atoms with Crippen LogP contribution in [0, 0.1) is 11.8 Å². The molecule has 5 nitrogen and oxygen atoms in total. The Labute approximate surface area is 202 Å². The van der Waals surface area contributed by atoms with Crippen molar-refractivity contribution in [3.63, 3.8) is 0 Å². The normalized spacial score (nSPS) is 15.8. The highest BCUT2D eigenvalue weighted by Crippen LogP contribution is 2.34. The molecule has 0 spiro atoms. The molecule has 0 radical (unpaired) electrons. The number of benzene rings is 1. The van der Waals surface area contributed by atoms with Crippen molar-refractivity contribution in [1.29, 1.82) is 0 Å². The van der Waals surface area contributed by atoms with Gasteiger partial charge in [0.25, 0.3) is 0 Å². The molecular weight excluding hydrogens is 432 g/mol. The van der Waals surface area contributed by atoms with Gasteiger partial charge in [-0.1, -0.05) is 53.7 Å². The van der Waals surface area contributed by atoms with E-state index < -0.39 is 0 Å². The maximum atomic E-state index is 13.5. The van der Waals surface area contributed by atoms with Crippen molar-refractivity contribution in [2.24, 2.45) is 11.8 Å². The van der Waals surface area contributed by atoms with E-state index in [0.717, 1.165) is 12.2 Å². The van der Waals surface area contributed by atoms with E-state index in [9.17, 15) is 9.59 Å². The second-order valence-electron chi connectivity index (χ2n) is 9.95. The molecule has 3 rings (SSSR count). The maximum absolute atomic E-state index is 13.5. The van der Waals surface area contributed by atoms with Crippen LogP contribution < -0.4 is 4.74 Å². The molecular formula is C27H38N2O3S. The number of fused-ring (bicyclic) bond motifs is 1. The molecule has 1 aliphatic rings. The van der Waals surface area contributed by atoms with Gasteiger partial charge >= 0.3 is 0 Å². The second kappa shape index (κ2) is 11.2. The summed E-state index contributed by atoms with van der Waals surface area (Å²) in [5, 5.41) is 2.09. The molecule has 180 valence electrons. The van der Waals surface area contributed by atoms with Crippen molar-refractivity contribution >= 4 is 23.2 Å². The molecule has 0 saturated carbocycles. The number of rotatable bonds is 9. The summed E-state index contributed by atoms with van der Waals surface area (Å²) in [7, 11) is 0. The lowest BCUT2D eigenvalue weighted by Crippen LogP contribution is -2.49. The van der Waals surface area contributed by atoms with Gasteiger partial charge in [-0.3, -0.25) is 9.59 Å². The number of ether oxygens (including phenoxy) is 1. The molecule has 0 saturated heterocycles. The molecule has 2 heterocycles. The van der Waals surface area contributed by atoms with Gasteiger partial charge in [-0.2, -0.15) is 0 Å². The van der Waals surface area contributed by atoms with Crippen LogP contribution in [0.1, 0.15) is 69.5 Å². The molecule has 2 aromatic rings. The molecule has 6 heteroatoms. The summed E-state index contributed by atoms with van der Waals surface area (Å²) in [6.07, 6.45) is 0.848. The largest absolute Gasteiger partial charge is 0.491 e. The first-order chi connectivity index (χ1) is 15.7. The molecule has 0 bridgehead atoms. The fourth-order valence-corrected chi connectivity index (χ4v) is 5.22. The summed E-state index contributed by atoms with van der Waals surface area (Å²) in [5.41, 5.74) is 2.45. The lowest BCUT2D eigenvalue weighted by molar-refractivity contribution is -0.144. The summed E-state index contributed by atoms with van der Waals surface area (Å²) in [6, 6.07) is 10.2. The van der Waals surface area contributed by atoms with Crippen LogP contribution in [0.15, 0.2) is 35.7 Å². The standard InChI is InChI=1S/C27H38N2O3S/c1-18(2)15-28(27(31)20(5)6)16-26(30)29-13-11-25-23(12-14-33-25)24(29)17-32-22-9-7-21(8-10-22)19(3)4/h7-10,12,14,18-20,24H,11,13,15-17H2,1-6H3/t24-/m0/s1. The lowest BCUT2D eigenvalue weighted by atomic mass is 10.00. The Bertz CT molecular complexity index is 933. The molecule has 1 aliphatic heterocycles. The molecule has 0 aliphatic carbocycles. The fraction of sp³-hybridized carbons (Fsp3) is 0.556. The Morgan fingerprint density at radius 2 is 1.79 bits per heavy atom. The van der Waals surface area contributed by atoms with Crippen molar-refractivity contribution < 1.29 is 14.3 Å². The van der Waals surface area contributed by atoms with Gasteiger partial charge in [0.1, 0.15) is 12.4 Å². The van der Waals surface area contributed by atoms with E-state index in [4.69, 9.17) is 4.74 Å². The first-order valence-corrected chi connectivity index (χ1v) is 12.9. The number of hydrogen-bond acceptors (Lipinski definition) is 4. The Balaban J connectivity index is 1.76. The third-order valence-electron chi connectivity index (χ3n) is 6.09. The average molecular weight is 471 g/mol. The number of thiophene rings is 1. The van der Waals surface area contributed by atoms with Crippen LogP contribution in [-0.4, -0.2) is 47.9 Å². The van der Waals surface area contributed by atoms with Gasteiger partial charge in [-0.25, -0.2) is 0 Å². The van der Waals surface area contributed by atoms with Crippen LogP contribution >= 0.6 is 11.3 Å². The molecule has 0 N–H and O–H groups in total. The zero-order valence-electron chi connectivity index (χ0n) is 20.8. The maximum Gasteiger partial charge on any atom is 0.242 e. The number of carbonyl (C=O) groups excluding carboxylic acids is 2. The van der Waals surface area contributed by atoms with E-state index >= 15 is 0 Å². The lowest BCUT2D eigenvalue weighted by Gasteiger charge is -2.37. The van der Waals surface area contributed by atoms with Gasteiger partial charge in [0.05, 0.1) is 12.6 Å². The highest BCUT2D eigenvalue weighted by atomic mass is 32.1. The van der Waals surface area contributed by atoms with E-state index in [0.29, 0.717) is 31.5 Å². The number of hydrogen-bond donors (Lipinski definition) is 0. The van der Waals surface area contributed by atoms with Gasteiger partial charge in [0.15, 0.2) is 0 Å². The summed E-state index contributed by atoms with van der Waals surface area (Å²) in [4.78, 5) is 31.2. The zero-order chi connectivity index (χ0) is 24.1. The van der Waals surface area contributed by atoms with E-state index in [1.165, 1.54) is 16.0 Å². The van der Waals surface area contributed by atoms with Crippen LogP contribution in [0.2, 0.25) is 0 Å². The molecule has 0 fully saturated rings. The summed E-state index contributed by atoms with van der Waals surface area (Å²) in [6.45, 7) is 14.0. The minimum atomic E-state index is -0.146. The number of carbonyl (C=O) groups is 2. The highest BCUT2D eigenvalue weighted by molar-refractivity contribution is 7.10. The fourth-order valence-electron chi connectivity index (χ4n) is 4.29. The SMILES string of the molecule is CC(C)CN(CC(=O)N1CCc2sccc2[C@@H]1COc1ccc(C(C)C)cc1)C(=O)C(C)C. The predicted molar refractivity (Wildman–Crippen MR) is 135 cm³/mol. The highest BCUT2D eigenvalue weighted by Gasteiger charge is 2.33. The quantitative estimate of drug-likeness (QED) is 0.485. The van der Waals surface area contributed by atoms with Crippen molar-refractivity contribution in [3.8, 4) is 5.75 Å². The minimum absolute atomic E-state index is 0.00902. The van der Waals surface area contributed by atoms with Crippen LogP contribution in [0.5, 0.6) is 5.75 Å². The van der Waals surface area contributed by atoms with E-state index in [-0.39, 0.29) is 30.3 Å². The van der Waals surface area contributed by atoms with Crippen molar-refractivity contribution in [3.05, 3.63) is 51.7 Å².